The molecule has 106 valence electrons. The maximum Gasteiger partial charge on any atom is 0.310 e. The summed E-state index contributed by atoms with van der Waals surface area (Å²) in [6.07, 6.45) is 2.54. The lowest BCUT2D eigenvalue weighted by Crippen LogP contribution is -2.36. The Balaban J connectivity index is 2.59. The fourth-order valence-electron chi connectivity index (χ4n) is 2.00. The minimum atomic E-state index is -0.963. The molecule has 19 heavy (non-hydrogen) atoms. The first kappa shape index (κ1) is 15.2. The van der Waals surface area contributed by atoms with E-state index in [-0.39, 0.29) is 12.3 Å². The van der Waals surface area contributed by atoms with Crippen LogP contribution in [0.15, 0.2) is 6.20 Å². The highest BCUT2D eigenvalue weighted by molar-refractivity contribution is 5.84. The zero-order valence-corrected chi connectivity index (χ0v) is 11.6. The number of carbonyl (C=O) groups excluding carboxylic acids is 1. The van der Waals surface area contributed by atoms with Crippen LogP contribution >= 0.6 is 0 Å². The molecule has 1 amide bonds. The standard InChI is InChI=1S/C13H21N3O3/c1-4-13(5-2,12(18)19)6-11(17)14-7-10-8-15-16-9(10)3/h8H,4-7H2,1-3H3,(H,14,17)(H,15,16)(H,18,19). The van der Waals surface area contributed by atoms with E-state index in [0.29, 0.717) is 19.4 Å². The number of rotatable bonds is 7. The fraction of sp³-hybridized carbons (Fsp3) is 0.615. The smallest absolute Gasteiger partial charge is 0.310 e. The van der Waals surface area contributed by atoms with E-state index in [2.05, 4.69) is 15.5 Å². The predicted molar refractivity (Wildman–Crippen MR) is 70.4 cm³/mol. The molecule has 0 aromatic carbocycles. The second kappa shape index (κ2) is 6.36. The van der Waals surface area contributed by atoms with Crippen LogP contribution in [0.2, 0.25) is 0 Å². The highest BCUT2D eigenvalue weighted by Crippen LogP contribution is 2.30. The summed E-state index contributed by atoms with van der Waals surface area (Å²) in [6.45, 7) is 5.83. The Morgan fingerprint density at radius 1 is 1.42 bits per heavy atom. The van der Waals surface area contributed by atoms with E-state index >= 15 is 0 Å². The van der Waals surface area contributed by atoms with Crippen molar-refractivity contribution in [3.63, 3.8) is 0 Å². The molecule has 1 rings (SSSR count). The van der Waals surface area contributed by atoms with Gasteiger partial charge in [0.1, 0.15) is 0 Å². The Kier molecular flexibility index (Phi) is 5.09. The molecule has 0 atom stereocenters. The van der Waals surface area contributed by atoms with Crippen molar-refractivity contribution in [2.24, 2.45) is 5.41 Å². The topological polar surface area (TPSA) is 95.1 Å². The molecule has 0 saturated heterocycles. The van der Waals surface area contributed by atoms with Crippen LogP contribution in [0.5, 0.6) is 0 Å². The average Bonchev–Trinajstić information content (AvgIpc) is 2.79. The monoisotopic (exact) mass is 267 g/mol. The molecule has 1 aromatic rings. The summed E-state index contributed by atoms with van der Waals surface area (Å²) < 4.78 is 0. The lowest BCUT2D eigenvalue weighted by Gasteiger charge is -2.25. The maximum absolute atomic E-state index is 11.9. The van der Waals surface area contributed by atoms with Gasteiger partial charge in [0.15, 0.2) is 0 Å². The van der Waals surface area contributed by atoms with Gasteiger partial charge in [-0.1, -0.05) is 13.8 Å². The van der Waals surface area contributed by atoms with Crippen LogP contribution in [0.4, 0.5) is 0 Å². The van der Waals surface area contributed by atoms with Crippen molar-refractivity contribution in [3.8, 4) is 0 Å². The first-order valence-electron chi connectivity index (χ1n) is 6.44. The molecule has 0 saturated carbocycles. The molecule has 3 N–H and O–H groups in total. The maximum atomic E-state index is 11.9. The largest absolute Gasteiger partial charge is 0.481 e. The fourth-order valence-corrected chi connectivity index (χ4v) is 2.00. The van der Waals surface area contributed by atoms with Gasteiger partial charge in [-0.05, 0) is 19.8 Å². The van der Waals surface area contributed by atoms with Crippen molar-refractivity contribution in [2.75, 3.05) is 0 Å². The van der Waals surface area contributed by atoms with Crippen LogP contribution in [0, 0.1) is 12.3 Å². The number of aryl methyl sites for hydroxylation is 1. The van der Waals surface area contributed by atoms with Gasteiger partial charge in [0, 0.05) is 24.2 Å². The molecule has 0 radical (unpaired) electrons. The predicted octanol–water partition coefficient (Wildman–Crippen LogP) is 1.62. The third-order valence-electron chi connectivity index (χ3n) is 3.72. The van der Waals surface area contributed by atoms with Gasteiger partial charge in [-0.25, -0.2) is 0 Å². The summed E-state index contributed by atoms with van der Waals surface area (Å²) in [4.78, 5) is 23.2. The molecule has 1 aromatic heterocycles. The number of amides is 1. The van der Waals surface area contributed by atoms with Crippen LogP contribution in [-0.4, -0.2) is 27.2 Å². The van der Waals surface area contributed by atoms with Gasteiger partial charge in [-0.3, -0.25) is 14.7 Å². The minimum Gasteiger partial charge on any atom is -0.481 e. The van der Waals surface area contributed by atoms with Crippen molar-refractivity contribution in [1.29, 1.82) is 0 Å². The molecule has 0 aliphatic carbocycles. The summed E-state index contributed by atoms with van der Waals surface area (Å²) in [7, 11) is 0. The first-order chi connectivity index (χ1) is 8.95. The Morgan fingerprint density at radius 3 is 2.47 bits per heavy atom. The SMILES string of the molecule is CCC(CC)(CC(=O)NCc1cn[nH]c1C)C(=O)O. The lowest BCUT2D eigenvalue weighted by atomic mass is 9.79. The number of carboxylic acids is 1. The van der Waals surface area contributed by atoms with Gasteiger partial charge in [0.2, 0.25) is 5.91 Å². The normalized spacial score (nSPS) is 11.3. The quantitative estimate of drug-likeness (QED) is 0.699. The van der Waals surface area contributed by atoms with Crippen LogP contribution in [0.25, 0.3) is 0 Å². The molecule has 0 aliphatic heterocycles. The molecule has 0 fully saturated rings. The van der Waals surface area contributed by atoms with E-state index < -0.39 is 11.4 Å². The number of nitrogens with one attached hydrogen (secondary N) is 2. The number of carboxylic acid groups (broad SMARTS) is 1. The summed E-state index contributed by atoms with van der Waals surface area (Å²) >= 11 is 0. The number of carbonyl (C=O) groups is 2. The Morgan fingerprint density at radius 2 is 2.05 bits per heavy atom. The van der Waals surface area contributed by atoms with Crippen LogP contribution in [0.3, 0.4) is 0 Å². The molecule has 0 aliphatic rings. The van der Waals surface area contributed by atoms with E-state index in [1.165, 1.54) is 0 Å². The van der Waals surface area contributed by atoms with E-state index in [0.717, 1.165) is 11.3 Å². The first-order valence-corrected chi connectivity index (χ1v) is 6.44. The number of hydrogen-bond donors (Lipinski definition) is 3. The highest BCUT2D eigenvalue weighted by Gasteiger charge is 2.37. The molecule has 0 bridgehead atoms. The van der Waals surface area contributed by atoms with Crippen LogP contribution in [0.1, 0.15) is 44.4 Å². The molecular formula is C13H21N3O3. The Bertz CT molecular complexity index is 450. The summed E-state index contributed by atoms with van der Waals surface area (Å²) in [6, 6.07) is 0. The summed E-state index contributed by atoms with van der Waals surface area (Å²) in [5, 5.41) is 18.7. The number of hydrogen-bond acceptors (Lipinski definition) is 3. The third kappa shape index (κ3) is 3.56. The van der Waals surface area contributed by atoms with Gasteiger partial charge in [0.25, 0.3) is 0 Å². The number of aromatic amines is 1. The molecule has 1 heterocycles. The zero-order chi connectivity index (χ0) is 14.5. The van der Waals surface area contributed by atoms with Crippen molar-refractivity contribution in [2.45, 2.75) is 46.6 Å². The van der Waals surface area contributed by atoms with E-state index in [4.69, 9.17) is 0 Å². The van der Waals surface area contributed by atoms with Crippen molar-refractivity contribution in [3.05, 3.63) is 17.5 Å². The average molecular weight is 267 g/mol. The number of nitrogens with zero attached hydrogens (tertiary/aromatic N) is 1. The second-order valence-electron chi connectivity index (χ2n) is 4.77. The zero-order valence-electron chi connectivity index (χ0n) is 11.6. The lowest BCUT2D eigenvalue weighted by molar-refractivity contribution is -0.152. The third-order valence-corrected chi connectivity index (χ3v) is 3.72. The van der Waals surface area contributed by atoms with E-state index in [9.17, 15) is 14.7 Å². The van der Waals surface area contributed by atoms with Gasteiger partial charge in [0.05, 0.1) is 11.6 Å². The molecule has 0 unspecified atom stereocenters. The molecule has 6 nitrogen and oxygen atoms in total. The second-order valence-corrected chi connectivity index (χ2v) is 4.77. The summed E-state index contributed by atoms with van der Waals surface area (Å²) in [5.74, 6) is -1.15. The van der Waals surface area contributed by atoms with E-state index in [1.807, 2.05) is 6.92 Å². The van der Waals surface area contributed by atoms with Gasteiger partial charge in [-0.2, -0.15) is 5.10 Å². The van der Waals surface area contributed by atoms with Crippen molar-refractivity contribution in [1.82, 2.24) is 15.5 Å². The van der Waals surface area contributed by atoms with Gasteiger partial charge < -0.3 is 10.4 Å². The number of H-pyrrole nitrogens is 1. The van der Waals surface area contributed by atoms with Crippen LogP contribution in [-0.2, 0) is 16.1 Å². The summed E-state index contributed by atoms with van der Waals surface area (Å²) in [5.41, 5.74) is 0.841. The van der Waals surface area contributed by atoms with Gasteiger partial charge in [-0.15, -0.1) is 0 Å². The van der Waals surface area contributed by atoms with Crippen molar-refractivity contribution < 1.29 is 14.7 Å². The van der Waals surface area contributed by atoms with Crippen LogP contribution < -0.4 is 5.32 Å². The Hall–Kier alpha value is -1.85. The molecular weight excluding hydrogens is 246 g/mol. The highest BCUT2D eigenvalue weighted by atomic mass is 16.4. The number of aromatic nitrogens is 2. The molecule has 0 spiro atoms. The van der Waals surface area contributed by atoms with Gasteiger partial charge >= 0.3 is 5.97 Å². The van der Waals surface area contributed by atoms with E-state index in [1.54, 1.807) is 20.0 Å². The Labute approximate surface area is 112 Å². The number of aliphatic carboxylic acids is 1. The van der Waals surface area contributed by atoms with Crippen molar-refractivity contribution >= 4 is 11.9 Å². The minimum absolute atomic E-state index is 0.00618. The molecule has 6 heteroatoms.